The van der Waals surface area contributed by atoms with E-state index >= 15 is 0 Å². The monoisotopic (exact) mass is 442 g/mol. The SMILES string of the molecule is Cc1cc2cc(CN(CCN(C)C)C(=S)Nc3cccc(Cl)c3)c(=O)[nH]c2cc1C. The maximum Gasteiger partial charge on any atom is 0.253 e. The van der Waals surface area contributed by atoms with E-state index < -0.39 is 0 Å². The molecule has 3 rings (SSSR count). The standard InChI is InChI=1S/C23H27ClN4OS/c1-15-10-17-12-18(22(29)26-21(17)11-16(15)2)14-28(9-8-27(3)4)23(30)25-20-7-5-6-19(24)13-20/h5-7,10-13H,8-9,14H2,1-4H3,(H,25,30)(H,26,29). The van der Waals surface area contributed by atoms with Crippen molar-refractivity contribution in [3.63, 3.8) is 0 Å². The van der Waals surface area contributed by atoms with Gasteiger partial charge in [0.2, 0.25) is 0 Å². The number of likely N-dealkylation sites (N-methyl/N-ethyl adjacent to an activating group) is 1. The van der Waals surface area contributed by atoms with E-state index in [0.717, 1.165) is 28.7 Å². The number of halogens is 1. The second kappa shape index (κ2) is 9.60. The number of hydrogen-bond donors (Lipinski definition) is 2. The van der Waals surface area contributed by atoms with Crippen LogP contribution in [0.4, 0.5) is 5.69 Å². The molecule has 0 unspecified atom stereocenters. The number of benzene rings is 2. The summed E-state index contributed by atoms with van der Waals surface area (Å²) in [6, 6.07) is 13.5. The van der Waals surface area contributed by atoms with Gasteiger partial charge in [0, 0.05) is 34.9 Å². The smallest absolute Gasteiger partial charge is 0.253 e. The Hall–Kier alpha value is -2.41. The van der Waals surface area contributed by atoms with Crippen molar-refractivity contribution in [3.8, 4) is 0 Å². The van der Waals surface area contributed by atoms with Crippen LogP contribution in [0.25, 0.3) is 10.9 Å². The number of fused-ring (bicyclic) bond motifs is 1. The lowest BCUT2D eigenvalue weighted by Gasteiger charge is -2.27. The van der Waals surface area contributed by atoms with Gasteiger partial charge < -0.3 is 20.1 Å². The van der Waals surface area contributed by atoms with Gasteiger partial charge in [-0.15, -0.1) is 0 Å². The van der Waals surface area contributed by atoms with Crippen molar-refractivity contribution in [2.75, 3.05) is 32.5 Å². The van der Waals surface area contributed by atoms with Crippen LogP contribution in [0.1, 0.15) is 16.7 Å². The third-order valence-electron chi connectivity index (χ3n) is 5.08. The number of nitrogens with zero attached hydrogens (tertiary/aromatic N) is 2. The number of hydrogen-bond acceptors (Lipinski definition) is 3. The third kappa shape index (κ3) is 5.59. The molecule has 7 heteroatoms. The van der Waals surface area contributed by atoms with E-state index in [1.807, 2.05) is 62.3 Å². The number of anilines is 1. The summed E-state index contributed by atoms with van der Waals surface area (Å²) in [5, 5.41) is 5.46. The Morgan fingerprint density at radius 3 is 2.53 bits per heavy atom. The number of nitrogens with one attached hydrogen (secondary N) is 2. The summed E-state index contributed by atoms with van der Waals surface area (Å²) < 4.78 is 0. The zero-order valence-electron chi connectivity index (χ0n) is 17.8. The molecule has 0 atom stereocenters. The van der Waals surface area contributed by atoms with E-state index in [1.165, 1.54) is 5.56 Å². The zero-order chi connectivity index (χ0) is 21.8. The summed E-state index contributed by atoms with van der Waals surface area (Å²) in [4.78, 5) is 19.9. The number of thiocarbonyl (C=S) groups is 1. The van der Waals surface area contributed by atoms with Gasteiger partial charge in [-0.2, -0.15) is 0 Å². The van der Waals surface area contributed by atoms with Gasteiger partial charge in [0.25, 0.3) is 5.56 Å². The quantitative estimate of drug-likeness (QED) is 0.548. The first kappa shape index (κ1) is 22.3. The summed E-state index contributed by atoms with van der Waals surface area (Å²) in [7, 11) is 4.03. The van der Waals surface area contributed by atoms with Crippen LogP contribution in [-0.4, -0.2) is 47.1 Å². The highest BCUT2D eigenvalue weighted by molar-refractivity contribution is 7.80. The Bertz CT molecular complexity index is 1130. The number of aromatic nitrogens is 1. The Balaban J connectivity index is 1.88. The first-order valence-corrected chi connectivity index (χ1v) is 10.6. The van der Waals surface area contributed by atoms with Crippen molar-refractivity contribution in [3.05, 3.63) is 74.5 Å². The van der Waals surface area contributed by atoms with Crippen LogP contribution in [0, 0.1) is 13.8 Å². The van der Waals surface area contributed by atoms with E-state index in [-0.39, 0.29) is 5.56 Å². The molecule has 2 N–H and O–H groups in total. The zero-order valence-corrected chi connectivity index (χ0v) is 19.3. The van der Waals surface area contributed by atoms with Gasteiger partial charge in [-0.1, -0.05) is 17.7 Å². The van der Waals surface area contributed by atoms with Crippen molar-refractivity contribution in [1.29, 1.82) is 0 Å². The predicted octanol–water partition coefficient (Wildman–Crippen LogP) is 4.56. The van der Waals surface area contributed by atoms with Crippen molar-refractivity contribution >= 4 is 45.5 Å². The summed E-state index contributed by atoms with van der Waals surface area (Å²) in [6.45, 7) is 6.03. The van der Waals surface area contributed by atoms with Crippen LogP contribution >= 0.6 is 23.8 Å². The molecule has 0 saturated heterocycles. The van der Waals surface area contributed by atoms with E-state index in [4.69, 9.17) is 23.8 Å². The Morgan fingerprint density at radius 2 is 1.83 bits per heavy atom. The molecule has 0 saturated carbocycles. The van der Waals surface area contributed by atoms with E-state index in [0.29, 0.717) is 28.8 Å². The predicted molar refractivity (Wildman–Crippen MR) is 131 cm³/mol. The molecular weight excluding hydrogens is 416 g/mol. The number of aryl methyl sites for hydroxylation is 2. The summed E-state index contributed by atoms with van der Waals surface area (Å²) >= 11 is 11.8. The average Bonchev–Trinajstić information content (AvgIpc) is 2.66. The van der Waals surface area contributed by atoms with Gasteiger partial charge >= 0.3 is 0 Å². The fraction of sp³-hybridized carbons (Fsp3) is 0.304. The van der Waals surface area contributed by atoms with Crippen LogP contribution in [0.3, 0.4) is 0 Å². The van der Waals surface area contributed by atoms with Crippen LogP contribution in [-0.2, 0) is 6.54 Å². The summed E-state index contributed by atoms with van der Waals surface area (Å²) in [5.74, 6) is 0. The molecule has 0 aliphatic heterocycles. The van der Waals surface area contributed by atoms with Crippen molar-refractivity contribution in [1.82, 2.24) is 14.8 Å². The minimum absolute atomic E-state index is 0.0915. The molecule has 0 aliphatic carbocycles. The molecule has 0 aliphatic rings. The summed E-state index contributed by atoms with van der Waals surface area (Å²) in [6.07, 6.45) is 0. The number of H-pyrrole nitrogens is 1. The van der Waals surface area contributed by atoms with Crippen LogP contribution in [0.15, 0.2) is 47.3 Å². The Morgan fingerprint density at radius 1 is 1.10 bits per heavy atom. The molecule has 1 aromatic heterocycles. The lowest BCUT2D eigenvalue weighted by molar-refractivity contribution is 0.327. The highest BCUT2D eigenvalue weighted by atomic mass is 35.5. The van der Waals surface area contributed by atoms with Crippen molar-refractivity contribution in [2.24, 2.45) is 0 Å². The van der Waals surface area contributed by atoms with Crippen molar-refractivity contribution < 1.29 is 0 Å². The van der Waals surface area contributed by atoms with Gasteiger partial charge in [-0.05, 0) is 93.1 Å². The number of rotatable bonds is 6. The Labute approximate surface area is 187 Å². The molecule has 30 heavy (non-hydrogen) atoms. The fourth-order valence-electron chi connectivity index (χ4n) is 3.19. The molecule has 0 radical (unpaired) electrons. The van der Waals surface area contributed by atoms with Crippen molar-refractivity contribution in [2.45, 2.75) is 20.4 Å². The van der Waals surface area contributed by atoms with Crippen LogP contribution < -0.4 is 10.9 Å². The van der Waals surface area contributed by atoms with E-state index in [1.54, 1.807) is 0 Å². The molecule has 0 amide bonds. The molecule has 1 heterocycles. The summed E-state index contributed by atoms with van der Waals surface area (Å²) in [5.41, 5.74) is 4.62. The van der Waals surface area contributed by atoms with Gasteiger partial charge in [0.15, 0.2) is 5.11 Å². The second-order valence-corrected chi connectivity index (χ2v) is 8.64. The average molecular weight is 443 g/mol. The van der Waals surface area contributed by atoms with Gasteiger partial charge in [-0.25, -0.2) is 0 Å². The molecule has 0 spiro atoms. The number of aromatic amines is 1. The molecule has 2 aromatic carbocycles. The third-order valence-corrected chi connectivity index (χ3v) is 5.67. The minimum Gasteiger partial charge on any atom is -0.343 e. The normalized spacial score (nSPS) is 11.1. The van der Waals surface area contributed by atoms with E-state index in [9.17, 15) is 4.79 Å². The topological polar surface area (TPSA) is 51.4 Å². The lowest BCUT2D eigenvalue weighted by atomic mass is 10.0. The molecule has 5 nitrogen and oxygen atoms in total. The van der Waals surface area contributed by atoms with Gasteiger partial charge in [0.1, 0.15) is 0 Å². The molecule has 3 aromatic rings. The second-order valence-electron chi connectivity index (χ2n) is 7.81. The molecular formula is C23H27ClN4OS. The van der Waals surface area contributed by atoms with Gasteiger partial charge in [-0.3, -0.25) is 4.79 Å². The first-order valence-electron chi connectivity index (χ1n) is 9.82. The minimum atomic E-state index is -0.0915. The Kier molecular flexibility index (Phi) is 7.13. The lowest BCUT2D eigenvalue weighted by Crippen LogP contribution is -2.40. The number of pyridine rings is 1. The van der Waals surface area contributed by atoms with E-state index in [2.05, 4.69) is 28.2 Å². The van der Waals surface area contributed by atoms with Crippen LogP contribution in [0.2, 0.25) is 5.02 Å². The van der Waals surface area contributed by atoms with Crippen LogP contribution in [0.5, 0.6) is 0 Å². The molecule has 0 fully saturated rings. The molecule has 0 bridgehead atoms. The highest BCUT2D eigenvalue weighted by Crippen LogP contribution is 2.19. The van der Waals surface area contributed by atoms with Gasteiger partial charge in [0.05, 0.1) is 6.54 Å². The first-order chi connectivity index (χ1) is 14.2. The highest BCUT2D eigenvalue weighted by Gasteiger charge is 2.14. The molecule has 158 valence electrons. The maximum absolute atomic E-state index is 12.8. The largest absolute Gasteiger partial charge is 0.343 e. The fourth-order valence-corrected chi connectivity index (χ4v) is 3.65. The maximum atomic E-state index is 12.8.